The Morgan fingerprint density at radius 3 is 2.71 bits per heavy atom. The summed E-state index contributed by atoms with van der Waals surface area (Å²) in [7, 11) is 1.67. The zero-order valence-corrected chi connectivity index (χ0v) is 13.5. The highest BCUT2D eigenvalue weighted by atomic mass is 32.1. The van der Waals surface area contributed by atoms with Gasteiger partial charge in [0.25, 0.3) is 0 Å². The highest BCUT2D eigenvalue weighted by molar-refractivity contribution is 7.12. The molecule has 0 saturated carbocycles. The number of aryl methyl sites for hydroxylation is 2. The Morgan fingerprint density at radius 1 is 1.29 bits per heavy atom. The molecule has 1 amide bonds. The Morgan fingerprint density at radius 2 is 2.10 bits per heavy atom. The third kappa shape index (κ3) is 4.69. The number of benzene rings is 1. The fourth-order valence-corrected chi connectivity index (χ4v) is 3.16. The summed E-state index contributed by atoms with van der Waals surface area (Å²) in [5.41, 5.74) is 2.21. The van der Waals surface area contributed by atoms with Gasteiger partial charge < -0.3 is 10.1 Å². The maximum absolute atomic E-state index is 12.0. The van der Waals surface area contributed by atoms with Crippen molar-refractivity contribution < 1.29 is 9.53 Å². The molecule has 4 heteroatoms. The first-order valence-electron chi connectivity index (χ1n) is 7.00. The van der Waals surface area contributed by atoms with E-state index in [0.29, 0.717) is 13.0 Å². The Kier molecular flexibility index (Phi) is 5.53. The van der Waals surface area contributed by atoms with Crippen molar-refractivity contribution in [3.63, 3.8) is 0 Å². The molecule has 112 valence electrons. The minimum atomic E-state index is -0.0786. The zero-order chi connectivity index (χ0) is 15.2. The van der Waals surface area contributed by atoms with Gasteiger partial charge in [-0.15, -0.1) is 11.3 Å². The second-order valence-electron chi connectivity index (χ2n) is 5.14. The molecular weight excluding hydrogens is 282 g/mol. The molecule has 1 aromatic heterocycles. The van der Waals surface area contributed by atoms with Crippen molar-refractivity contribution in [1.29, 1.82) is 0 Å². The Balaban J connectivity index is 1.88. The number of nitrogens with one attached hydrogen (secondary N) is 1. The van der Waals surface area contributed by atoms with Gasteiger partial charge in [-0.3, -0.25) is 4.79 Å². The lowest BCUT2D eigenvalue weighted by Crippen LogP contribution is -2.30. The molecule has 3 nitrogen and oxygen atoms in total. The van der Waals surface area contributed by atoms with E-state index in [1.807, 2.05) is 31.2 Å². The zero-order valence-electron chi connectivity index (χ0n) is 12.7. The molecule has 0 aliphatic rings. The molecule has 0 saturated heterocycles. The first-order chi connectivity index (χ1) is 10.1. The number of carbonyl (C=O) groups excluding carboxylic acids is 1. The van der Waals surface area contributed by atoms with Gasteiger partial charge in [0.2, 0.25) is 5.91 Å². The van der Waals surface area contributed by atoms with Crippen LogP contribution in [0.4, 0.5) is 0 Å². The van der Waals surface area contributed by atoms with Crippen molar-refractivity contribution in [3.8, 4) is 0 Å². The lowest BCUT2D eigenvalue weighted by Gasteiger charge is -2.14. The third-order valence-electron chi connectivity index (χ3n) is 3.29. The summed E-state index contributed by atoms with van der Waals surface area (Å²) in [5.74, 6) is 0.0240. The molecule has 0 spiro atoms. The van der Waals surface area contributed by atoms with Crippen molar-refractivity contribution in [1.82, 2.24) is 5.32 Å². The van der Waals surface area contributed by atoms with Crippen molar-refractivity contribution in [3.05, 3.63) is 57.3 Å². The average Bonchev–Trinajstić information content (AvgIpc) is 2.86. The number of hydrogen-bond acceptors (Lipinski definition) is 3. The van der Waals surface area contributed by atoms with Crippen LogP contribution in [0.25, 0.3) is 0 Å². The molecule has 0 fully saturated rings. The molecule has 1 aromatic carbocycles. The van der Waals surface area contributed by atoms with Crippen LogP contribution in [0.2, 0.25) is 0 Å². The number of carbonyl (C=O) groups is 1. The van der Waals surface area contributed by atoms with Crippen LogP contribution >= 0.6 is 11.3 Å². The molecule has 1 N–H and O–H groups in total. The summed E-state index contributed by atoms with van der Waals surface area (Å²) in [6.07, 6.45) is 0.326. The van der Waals surface area contributed by atoms with Crippen molar-refractivity contribution in [2.75, 3.05) is 13.7 Å². The largest absolute Gasteiger partial charge is 0.374 e. The molecule has 21 heavy (non-hydrogen) atoms. The van der Waals surface area contributed by atoms with Gasteiger partial charge in [-0.1, -0.05) is 29.8 Å². The smallest absolute Gasteiger partial charge is 0.224 e. The lowest BCUT2D eigenvalue weighted by molar-refractivity contribution is -0.121. The topological polar surface area (TPSA) is 38.3 Å². The third-order valence-corrected chi connectivity index (χ3v) is 4.39. The summed E-state index contributed by atoms with van der Waals surface area (Å²) in [6, 6.07) is 12.1. The Bertz CT molecular complexity index is 606. The molecule has 2 rings (SSSR count). The summed E-state index contributed by atoms with van der Waals surface area (Å²) in [5, 5.41) is 2.95. The molecule has 0 aliphatic carbocycles. The van der Waals surface area contributed by atoms with Gasteiger partial charge in [0, 0.05) is 23.4 Å². The van der Waals surface area contributed by atoms with E-state index in [4.69, 9.17) is 4.74 Å². The maximum atomic E-state index is 12.0. The van der Waals surface area contributed by atoms with Crippen LogP contribution in [-0.4, -0.2) is 19.6 Å². The van der Waals surface area contributed by atoms with Crippen molar-refractivity contribution in [2.45, 2.75) is 26.4 Å². The Labute approximate surface area is 130 Å². The van der Waals surface area contributed by atoms with Gasteiger partial charge in [-0.2, -0.15) is 0 Å². The van der Waals surface area contributed by atoms with Gasteiger partial charge in [-0.05, 0) is 31.5 Å². The van der Waals surface area contributed by atoms with Gasteiger partial charge in [0.1, 0.15) is 6.10 Å². The van der Waals surface area contributed by atoms with Gasteiger partial charge in [0.05, 0.1) is 6.42 Å². The van der Waals surface area contributed by atoms with E-state index in [2.05, 4.69) is 24.4 Å². The second kappa shape index (κ2) is 7.38. The normalized spacial score (nSPS) is 12.1. The molecule has 1 heterocycles. The summed E-state index contributed by atoms with van der Waals surface area (Å²) >= 11 is 1.70. The first kappa shape index (κ1) is 15.7. The number of amides is 1. The molecule has 1 atom stereocenters. The summed E-state index contributed by atoms with van der Waals surface area (Å²) < 4.78 is 5.47. The van der Waals surface area contributed by atoms with Gasteiger partial charge >= 0.3 is 0 Å². The van der Waals surface area contributed by atoms with Crippen LogP contribution in [0.15, 0.2) is 36.4 Å². The van der Waals surface area contributed by atoms with Crippen LogP contribution in [0.5, 0.6) is 0 Å². The fourth-order valence-electron chi connectivity index (χ4n) is 2.20. The molecular formula is C17H21NO2S. The van der Waals surface area contributed by atoms with E-state index in [9.17, 15) is 4.79 Å². The first-order valence-corrected chi connectivity index (χ1v) is 7.81. The minimum absolute atomic E-state index is 0.0240. The van der Waals surface area contributed by atoms with E-state index in [1.165, 1.54) is 10.4 Å². The van der Waals surface area contributed by atoms with E-state index < -0.39 is 0 Å². The maximum Gasteiger partial charge on any atom is 0.224 e. The number of rotatable bonds is 6. The van der Waals surface area contributed by atoms with Crippen LogP contribution in [0.3, 0.4) is 0 Å². The second-order valence-corrected chi connectivity index (χ2v) is 6.46. The molecule has 0 unspecified atom stereocenters. The standard InChI is InChI=1S/C17H21NO2S/c1-12-5-4-6-14(9-12)10-17(19)18-11-15(20-3)16-8-7-13(2)21-16/h4-9,15H,10-11H2,1-3H3,(H,18,19)/t15-/m0/s1. The van der Waals surface area contributed by atoms with E-state index in [-0.39, 0.29) is 12.0 Å². The molecule has 0 bridgehead atoms. The SMILES string of the molecule is CO[C@@H](CNC(=O)Cc1cccc(C)c1)c1ccc(C)s1. The highest BCUT2D eigenvalue weighted by Crippen LogP contribution is 2.24. The van der Waals surface area contributed by atoms with Crippen LogP contribution in [0, 0.1) is 13.8 Å². The van der Waals surface area contributed by atoms with Gasteiger partial charge in [-0.25, -0.2) is 0 Å². The van der Waals surface area contributed by atoms with Crippen molar-refractivity contribution >= 4 is 17.2 Å². The van der Waals surface area contributed by atoms with Gasteiger partial charge in [0.15, 0.2) is 0 Å². The lowest BCUT2D eigenvalue weighted by atomic mass is 10.1. The average molecular weight is 303 g/mol. The van der Waals surface area contributed by atoms with Crippen molar-refractivity contribution in [2.24, 2.45) is 0 Å². The minimum Gasteiger partial charge on any atom is -0.374 e. The summed E-state index contributed by atoms with van der Waals surface area (Å²) in [4.78, 5) is 14.4. The fraction of sp³-hybridized carbons (Fsp3) is 0.353. The number of thiophene rings is 1. The van der Waals surface area contributed by atoms with Crippen LogP contribution < -0.4 is 5.32 Å². The predicted octanol–water partition coefficient (Wildman–Crippen LogP) is 3.41. The number of hydrogen-bond donors (Lipinski definition) is 1. The monoisotopic (exact) mass is 303 g/mol. The molecule has 0 radical (unpaired) electrons. The Hall–Kier alpha value is -1.65. The highest BCUT2D eigenvalue weighted by Gasteiger charge is 2.14. The number of methoxy groups -OCH3 is 1. The quantitative estimate of drug-likeness (QED) is 0.888. The summed E-state index contributed by atoms with van der Waals surface area (Å²) in [6.45, 7) is 4.60. The van der Waals surface area contributed by atoms with Crippen LogP contribution in [0.1, 0.15) is 27.0 Å². The van der Waals surface area contributed by atoms with E-state index in [1.54, 1.807) is 18.4 Å². The number of ether oxygens (including phenoxy) is 1. The predicted molar refractivity (Wildman–Crippen MR) is 86.7 cm³/mol. The van der Waals surface area contributed by atoms with E-state index >= 15 is 0 Å². The molecule has 0 aliphatic heterocycles. The van der Waals surface area contributed by atoms with E-state index in [0.717, 1.165) is 10.4 Å². The molecule has 2 aromatic rings. The van der Waals surface area contributed by atoms with Crippen LogP contribution in [-0.2, 0) is 16.0 Å².